The molecule has 0 bridgehead atoms. The Bertz CT molecular complexity index is 947. The number of halogens is 5. The highest BCUT2D eigenvalue weighted by atomic mass is 19.4. The predicted octanol–water partition coefficient (Wildman–Crippen LogP) is 5.52. The van der Waals surface area contributed by atoms with Crippen molar-refractivity contribution in [2.75, 3.05) is 0 Å². The fourth-order valence-electron chi connectivity index (χ4n) is 2.37. The first-order chi connectivity index (χ1) is 13.3. The Morgan fingerprint density at radius 3 is 2.11 bits per heavy atom. The fourth-order valence-corrected chi connectivity index (χ4v) is 2.37. The molecule has 0 atom stereocenters. The van der Waals surface area contributed by atoms with Crippen molar-refractivity contribution >= 4 is 12.2 Å². The highest BCUT2D eigenvalue weighted by Crippen LogP contribution is 2.34. The third-order valence-corrected chi connectivity index (χ3v) is 3.68. The van der Waals surface area contributed by atoms with E-state index in [-0.39, 0.29) is 11.4 Å². The SMILES string of the molecule is Fc1cc(/C=C/c2ccc(OCc3ccccc3)nn2)cc(F)c1C(F)(F)F. The molecule has 144 valence electrons. The highest BCUT2D eigenvalue weighted by molar-refractivity contribution is 5.68. The van der Waals surface area contributed by atoms with Gasteiger partial charge in [0.1, 0.15) is 23.8 Å². The first-order valence-corrected chi connectivity index (χ1v) is 8.08. The predicted molar refractivity (Wildman–Crippen MR) is 93.1 cm³/mol. The molecule has 8 heteroatoms. The molecule has 0 unspecified atom stereocenters. The summed E-state index contributed by atoms with van der Waals surface area (Å²) in [7, 11) is 0. The number of benzene rings is 2. The Morgan fingerprint density at radius 2 is 1.54 bits per heavy atom. The van der Waals surface area contributed by atoms with E-state index in [4.69, 9.17) is 4.74 Å². The molecular weight excluding hydrogens is 379 g/mol. The highest BCUT2D eigenvalue weighted by Gasteiger charge is 2.37. The number of hydrogen-bond acceptors (Lipinski definition) is 3. The minimum Gasteiger partial charge on any atom is -0.472 e. The molecule has 0 N–H and O–H groups in total. The standard InChI is InChI=1S/C20H13F5N2O/c21-16-10-14(11-17(22)19(16)20(23,24)25)6-7-15-8-9-18(27-26-15)28-12-13-4-2-1-3-5-13/h1-11H,12H2/b7-6+. The normalized spacial score (nSPS) is 11.8. The van der Waals surface area contributed by atoms with Crippen molar-refractivity contribution in [3.05, 3.63) is 88.6 Å². The second kappa shape index (κ2) is 8.16. The second-order valence-corrected chi connectivity index (χ2v) is 5.76. The molecule has 3 rings (SSSR count). The van der Waals surface area contributed by atoms with Crippen molar-refractivity contribution in [2.24, 2.45) is 0 Å². The number of ether oxygens (including phenoxy) is 1. The van der Waals surface area contributed by atoms with Crippen LogP contribution in [-0.4, -0.2) is 10.2 Å². The Hall–Kier alpha value is -3.29. The lowest BCUT2D eigenvalue weighted by molar-refractivity contribution is -0.142. The molecule has 3 nitrogen and oxygen atoms in total. The van der Waals surface area contributed by atoms with Crippen LogP contribution in [0.4, 0.5) is 22.0 Å². The van der Waals surface area contributed by atoms with Crippen LogP contribution in [0.1, 0.15) is 22.4 Å². The molecule has 28 heavy (non-hydrogen) atoms. The van der Waals surface area contributed by atoms with E-state index in [1.807, 2.05) is 30.3 Å². The van der Waals surface area contributed by atoms with Gasteiger partial charge in [0, 0.05) is 6.07 Å². The zero-order valence-corrected chi connectivity index (χ0v) is 14.3. The average molecular weight is 392 g/mol. The molecule has 0 spiro atoms. The number of rotatable bonds is 5. The Balaban J connectivity index is 1.68. The summed E-state index contributed by atoms with van der Waals surface area (Å²) in [4.78, 5) is 0. The van der Waals surface area contributed by atoms with Crippen LogP contribution in [0.25, 0.3) is 12.2 Å². The minimum atomic E-state index is -5.10. The van der Waals surface area contributed by atoms with Crippen molar-refractivity contribution in [3.63, 3.8) is 0 Å². The molecular formula is C20H13F5N2O. The summed E-state index contributed by atoms with van der Waals surface area (Å²) >= 11 is 0. The Kier molecular flexibility index (Phi) is 5.67. The van der Waals surface area contributed by atoms with Crippen LogP contribution < -0.4 is 4.74 Å². The van der Waals surface area contributed by atoms with Gasteiger partial charge in [0.05, 0.1) is 5.69 Å². The van der Waals surface area contributed by atoms with Crippen molar-refractivity contribution in [3.8, 4) is 5.88 Å². The van der Waals surface area contributed by atoms with E-state index in [1.54, 1.807) is 12.1 Å². The third-order valence-electron chi connectivity index (χ3n) is 3.68. The van der Waals surface area contributed by atoms with Gasteiger partial charge in [0.25, 0.3) is 0 Å². The summed E-state index contributed by atoms with van der Waals surface area (Å²) in [5.74, 6) is -3.07. The van der Waals surface area contributed by atoms with Gasteiger partial charge in [0.2, 0.25) is 5.88 Å². The van der Waals surface area contributed by atoms with E-state index in [2.05, 4.69) is 10.2 Å². The van der Waals surface area contributed by atoms with Gasteiger partial charge in [0.15, 0.2) is 0 Å². The zero-order chi connectivity index (χ0) is 20.1. The maximum atomic E-state index is 13.6. The quantitative estimate of drug-likeness (QED) is 0.536. The molecule has 2 aromatic carbocycles. The monoisotopic (exact) mass is 392 g/mol. The molecule has 1 heterocycles. The molecule has 0 saturated carbocycles. The van der Waals surface area contributed by atoms with Gasteiger partial charge in [-0.1, -0.05) is 36.4 Å². The summed E-state index contributed by atoms with van der Waals surface area (Å²) in [6.45, 7) is 0.314. The van der Waals surface area contributed by atoms with Crippen molar-refractivity contribution in [1.29, 1.82) is 0 Å². The van der Waals surface area contributed by atoms with Crippen LogP contribution in [-0.2, 0) is 12.8 Å². The summed E-state index contributed by atoms with van der Waals surface area (Å²) in [6, 6.07) is 13.8. The van der Waals surface area contributed by atoms with Crippen LogP contribution in [0.5, 0.6) is 5.88 Å². The van der Waals surface area contributed by atoms with E-state index >= 15 is 0 Å². The van der Waals surface area contributed by atoms with E-state index in [9.17, 15) is 22.0 Å². The van der Waals surface area contributed by atoms with Crippen LogP contribution in [0, 0.1) is 11.6 Å². The number of alkyl halides is 3. The molecule has 0 fully saturated rings. The average Bonchev–Trinajstić information content (AvgIpc) is 2.65. The van der Waals surface area contributed by atoms with Crippen molar-refractivity contribution < 1.29 is 26.7 Å². The van der Waals surface area contributed by atoms with Crippen molar-refractivity contribution in [1.82, 2.24) is 10.2 Å². The fraction of sp³-hybridized carbons (Fsp3) is 0.100. The largest absolute Gasteiger partial charge is 0.472 e. The van der Waals surface area contributed by atoms with Gasteiger partial charge in [-0.2, -0.15) is 13.2 Å². The van der Waals surface area contributed by atoms with Crippen molar-refractivity contribution in [2.45, 2.75) is 12.8 Å². The van der Waals surface area contributed by atoms with E-state index in [0.29, 0.717) is 24.4 Å². The first kappa shape index (κ1) is 19.5. The lowest BCUT2D eigenvalue weighted by Gasteiger charge is -2.09. The maximum Gasteiger partial charge on any atom is 0.422 e. The molecule has 0 aliphatic carbocycles. The van der Waals surface area contributed by atoms with Crippen LogP contribution in [0.15, 0.2) is 54.6 Å². The molecule has 0 aliphatic rings. The summed E-state index contributed by atoms with van der Waals surface area (Å²) < 4.78 is 70.3. The smallest absolute Gasteiger partial charge is 0.422 e. The minimum absolute atomic E-state index is 0.0748. The van der Waals surface area contributed by atoms with Crippen LogP contribution in [0.3, 0.4) is 0 Å². The summed E-state index contributed by atoms with van der Waals surface area (Å²) in [5.41, 5.74) is -0.689. The molecule has 0 radical (unpaired) electrons. The topological polar surface area (TPSA) is 35.0 Å². The Morgan fingerprint density at radius 1 is 0.857 bits per heavy atom. The number of nitrogens with zero attached hydrogens (tertiary/aromatic N) is 2. The third kappa shape index (κ3) is 4.91. The lowest BCUT2D eigenvalue weighted by atomic mass is 10.1. The van der Waals surface area contributed by atoms with Gasteiger partial charge in [-0.25, -0.2) is 8.78 Å². The molecule has 0 saturated heterocycles. The lowest BCUT2D eigenvalue weighted by Crippen LogP contribution is -2.11. The molecule has 3 aromatic rings. The van der Waals surface area contributed by atoms with Gasteiger partial charge in [-0.3, -0.25) is 0 Å². The van der Waals surface area contributed by atoms with Crippen LogP contribution >= 0.6 is 0 Å². The van der Waals surface area contributed by atoms with Gasteiger partial charge in [-0.15, -0.1) is 10.2 Å². The summed E-state index contributed by atoms with van der Waals surface area (Å²) in [5, 5.41) is 7.75. The number of hydrogen-bond donors (Lipinski definition) is 0. The Labute approximate surface area is 157 Å². The zero-order valence-electron chi connectivity index (χ0n) is 14.3. The molecule has 1 aromatic heterocycles. The summed E-state index contributed by atoms with van der Waals surface area (Å²) in [6.07, 6.45) is -2.49. The number of aromatic nitrogens is 2. The van der Waals surface area contributed by atoms with Gasteiger partial charge < -0.3 is 4.74 Å². The van der Waals surface area contributed by atoms with Gasteiger partial charge >= 0.3 is 6.18 Å². The van der Waals surface area contributed by atoms with E-state index in [1.165, 1.54) is 12.2 Å². The van der Waals surface area contributed by atoms with E-state index < -0.39 is 23.4 Å². The molecule has 0 amide bonds. The first-order valence-electron chi connectivity index (χ1n) is 8.08. The maximum absolute atomic E-state index is 13.6. The second-order valence-electron chi connectivity index (χ2n) is 5.76. The van der Waals surface area contributed by atoms with E-state index in [0.717, 1.165) is 5.56 Å². The molecule has 0 aliphatic heterocycles. The van der Waals surface area contributed by atoms with Gasteiger partial charge in [-0.05, 0) is 35.4 Å². The van der Waals surface area contributed by atoms with Crippen LogP contribution in [0.2, 0.25) is 0 Å².